The van der Waals surface area contributed by atoms with E-state index < -0.39 is 21.7 Å². The van der Waals surface area contributed by atoms with Crippen LogP contribution in [0.3, 0.4) is 0 Å². The topological polar surface area (TPSA) is 99.5 Å². The van der Waals surface area contributed by atoms with E-state index in [4.69, 9.17) is 10.00 Å². The molecule has 1 aliphatic rings. The molecule has 0 bridgehead atoms. The SMILES string of the molecule is CC(C)(C)OC(=O)NC1CCN(S(=O)(=O)c2ccc(C#N)cc2)CC1. The van der Waals surface area contributed by atoms with Crippen LogP contribution in [0.25, 0.3) is 0 Å². The molecule has 1 saturated heterocycles. The third-order valence-electron chi connectivity index (χ3n) is 3.80. The standard InChI is InChI=1S/C17H23N3O4S/c1-17(2,3)24-16(21)19-14-8-10-20(11-9-14)25(22,23)15-6-4-13(12-18)5-7-15/h4-7,14H,8-11H2,1-3H3,(H,19,21). The number of nitriles is 1. The van der Waals surface area contributed by atoms with Crippen molar-refractivity contribution in [2.45, 2.75) is 50.2 Å². The van der Waals surface area contributed by atoms with Crippen molar-refractivity contribution >= 4 is 16.1 Å². The zero-order valence-corrected chi connectivity index (χ0v) is 15.5. The number of alkyl carbamates (subject to hydrolysis) is 1. The van der Waals surface area contributed by atoms with Gasteiger partial charge in [-0.2, -0.15) is 9.57 Å². The number of hydrogen-bond acceptors (Lipinski definition) is 5. The molecule has 0 radical (unpaired) electrons. The first kappa shape index (κ1) is 19.2. The predicted octanol–water partition coefficient (Wildman–Crippen LogP) is 2.24. The largest absolute Gasteiger partial charge is 0.444 e. The minimum absolute atomic E-state index is 0.109. The minimum atomic E-state index is -3.59. The van der Waals surface area contributed by atoms with E-state index in [0.717, 1.165) is 0 Å². The van der Waals surface area contributed by atoms with Crippen LogP contribution in [0.4, 0.5) is 4.79 Å². The number of nitrogens with zero attached hydrogens (tertiary/aromatic N) is 2. The van der Waals surface area contributed by atoms with Crippen molar-refractivity contribution in [1.82, 2.24) is 9.62 Å². The van der Waals surface area contributed by atoms with Crippen LogP contribution in [0.15, 0.2) is 29.2 Å². The Labute approximate surface area is 148 Å². The number of sulfonamides is 1. The van der Waals surface area contributed by atoms with Crippen LogP contribution in [0.1, 0.15) is 39.2 Å². The molecule has 1 aliphatic heterocycles. The molecule has 0 aromatic heterocycles. The molecule has 0 atom stereocenters. The fourth-order valence-corrected chi connectivity index (χ4v) is 4.03. The Hall–Kier alpha value is -2.11. The number of carbonyl (C=O) groups excluding carboxylic acids is 1. The van der Waals surface area contributed by atoms with Gasteiger partial charge in [-0.05, 0) is 57.9 Å². The monoisotopic (exact) mass is 365 g/mol. The van der Waals surface area contributed by atoms with E-state index in [1.54, 1.807) is 20.8 Å². The van der Waals surface area contributed by atoms with Crippen molar-refractivity contribution < 1.29 is 17.9 Å². The first-order valence-electron chi connectivity index (χ1n) is 8.12. The van der Waals surface area contributed by atoms with Gasteiger partial charge in [0, 0.05) is 19.1 Å². The molecule has 1 aromatic rings. The van der Waals surface area contributed by atoms with Crippen molar-refractivity contribution in [3.05, 3.63) is 29.8 Å². The van der Waals surface area contributed by atoms with Crippen LogP contribution in [0, 0.1) is 11.3 Å². The van der Waals surface area contributed by atoms with Crippen molar-refractivity contribution in [2.75, 3.05) is 13.1 Å². The maximum Gasteiger partial charge on any atom is 0.407 e. The summed E-state index contributed by atoms with van der Waals surface area (Å²) in [5, 5.41) is 11.6. The molecular weight excluding hydrogens is 342 g/mol. The highest BCUT2D eigenvalue weighted by Gasteiger charge is 2.30. The summed E-state index contributed by atoms with van der Waals surface area (Å²) in [7, 11) is -3.59. The number of amides is 1. The Kier molecular flexibility index (Phi) is 5.70. The molecule has 2 rings (SSSR count). The van der Waals surface area contributed by atoms with Gasteiger partial charge in [-0.3, -0.25) is 0 Å². The molecule has 0 aliphatic carbocycles. The molecule has 0 spiro atoms. The van der Waals surface area contributed by atoms with Gasteiger partial charge in [0.1, 0.15) is 5.60 Å². The fourth-order valence-electron chi connectivity index (χ4n) is 2.57. The maximum atomic E-state index is 12.6. The number of nitrogens with one attached hydrogen (secondary N) is 1. The average molecular weight is 365 g/mol. The van der Waals surface area contributed by atoms with E-state index in [2.05, 4.69) is 5.32 Å². The first-order valence-corrected chi connectivity index (χ1v) is 9.56. The Morgan fingerprint density at radius 2 is 1.80 bits per heavy atom. The second-order valence-electron chi connectivity index (χ2n) is 6.96. The smallest absolute Gasteiger partial charge is 0.407 e. The Bertz CT molecular complexity index is 753. The van der Waals surface area contributed by atoms with Gasteiger partial charge in [0.05, 0.1) is 16.5 Å². The van der Waals surface area contributed by atoms with Crippen molar-refractivity contribution in [3.63, 3.8) is 0 Å². The summed E-state index contributed by atoms with van der Waals surface area (Å²) in [4.78, 5) is 12.0. The molecule has 7 nitrogen and oxygen atoms in total. The van der Waals surface area contributed by atoms with Gasteiger partial charge in [0.15, 0.2) is 0 Å². The van der Waals surface area contributed by atoms with E-state index in [1.807, 2.05) is 6.07 Å². The third kappa shape index (κ3) is 5.18. The highest BCUT2D eigenvalue weighted by Crippen LogP contribution is 2.21. The number of benzene rings is 1. The number of rotatable bonds is 3. The molecule has 1 aromatic carbocycles. The van der Waals surface area contributed by atoms with Gasteiger partial charge in [-0.1, -0.05) is 0 Å². The molecule has 1 fully saturated rings. The molecular formula is C17H23N3O4S. The van der Waals surface area contributed by atoms with Crippen LogP contribution in [0.5, 0.6) is 0 Å². The van der Waals surface area contributed by atoms with Gasteiger partial charge < -0.3 is 10.1 Å². The third-order valence-corrected chi connectivity index (χ3v) is 5.71. The Balaban J connectivity index is 1.94. The molecule has 1 N–H and O–H groups in total. The molecule has 1 heterocycles. The summed E-state index contributed by atoms with van der Waals surface area (Å²) in [6.45, 7) is 6.02. The second kappa shape index (κ2) is 7.42. The quantitative estimate of drug-likeness (QED) is 0.885. The first-order chi connectivity index (χ1) is 11.6. The maximum absolute atomic E-state index is 12.6. The highest BCUT2D eigenvalue weighted by atomic mass is 32.2. The van der Waals surface area contributed by atoms with Crippen molar-refractivity contribution in [3.8, 4) is 6.07 Å². The summed E-state index contributed by atoms with van der Waals surface area (Å²) >= 11 is 0. The average Bonchev–Trinajstić information content (AvgIpc) is 2.53. The summed E-state index contributed by atoms with van der Waals surface area (Å²) in [5.74, 6) is 0. The number of ether oxygens (including phenoxy) is 1. The summed E-state index contributed by atoms with van der Waals surface area (Å²) < 4.78 is 31.9. The molecule has 1 amide bonds. The lowest BCUT2D eigenvalue weighted by Crippen LogP contribution is -2.47. The lowest BCUT2D eigenvalue weighted by molar-refractivity contribution is 0.0489. The normalized spacial score (nSPS) is 16.9. The second-order valence-corrected chi connectivity index (χ2v) is 8.90. The van der Waals surface area contributed by atoms with Crippen LogP contribution in [0.2, 0.25) is 0 Å². The number of hydrogen-bond donors (Lipinski definition) is 1. The number of carbonyl (C=O) groups is 1. The molecule has 0 unspecified atom stereocenters. The van der Waals surface area contributed by atoms with E-state index in [0.29, 0.717) is 31.5 Å². The van der Waals surface area contributed by atoms with Gasteiger partial charge in [-0.25, -0.2) is 13.2 Å². The summed E-state index contributed by atoms with van der Waals surface area (Å²) in [5.41, 5.74) is -0.150. The van der Waals surface area contributed by atoms with E-state index >= 15 is 0 Å². The Morgan fingerprint density at radius 3 is 2.28 bits per heavy atom. The van der Waals surface area contributed by atoms with Crippen LogP contribution < -0.4 is 5.32 Å². The minimum Gasteiger partial charge on any atom is -0.444 e. The van der Waals surface area contributed by atoms with Crippen LogP contribution in [-0.4, -0.2) is 43.5 Å². The fraction of sp³-hybridized carbons (Fsp3) is 0.529. The van der Waals surface area contributed by atoms with Gasteiger partial charge >= 0.3 is 6.09 Å². The van der Waals surface area contributed by atoms with Crippen molar-refractivity contribution in [1.29, 1.82) is 5.26 Å². The summed E-state index contributed by atoms with van der Waals surface area (Å²) in [6.07, 6.45) is 0.560. The molecule has 136 valence electrons. The van der Waals surface area contributed by atoms with E-state index in [9.17, 15) is 13.2 Å². The van der Waals surface area contributed by atoms with E-state index in [-0.39, 0.29) is 10.9 Å². The molecule has 0 saturated carbocycles. The highest BCUT2D eigenvalue weighted by molar-refractivity contribution is 7.89. The van der Waals surface area contributed by atoms with Crippen molar-refractivity contribution in [2.24, 2.45) is 0 Å². The van der Waals surface area contributed by atoms with E-state index in [1.165, 1.54) is 28.6 Å². The van der Waals surface area contributed by atoms with Crippen LogP contribution in [-0.2, 0) is 14.8 Å². The zero-order valence-electron chi connectivity index (χ0n) is 14.7. The zero-order chi connectivity index (χ0) is 18.7. The molecule has 25 heavy (non-hydrogen) atoms. The van der Waals surface area contributed by atoms with Crippen LogP contribution >= 0.6 is 0 Å². The lowest BCUT2D eigenvalue weighted by atomic mass is 10.1. The number of piperidine rings is 1. The Morgan fingerprint density at radius 1 is 1.24 bits per heavy atom. The predicted molar refractivity (Wildman–Crippen MR) is 92.3 cm³/mol. The summed E-state index contributed by atoms with van der Waals surface area (Å²) in [6, 6.07) is 7.72. The molecule has 8 heteroatoms. The van der Waals surface area contributed by atoms with Gasteiger partial charge in [0.25, 0.3) is 0 Å². The van der Waals surface area contributed by atoms with Gasteiger partial charge in [-0.15, -0.1) is 0 Å². The van der Waals surface area contributed by atoms with Gasteiger partial charge in [0.2, 0.25) is 10.0 Å². The lowest BCUT2D eigenvalue weighted by Gasteiger charge is -2.32.